The van der Waals surface area contributed by atoms with Crippen LogP contribution in [-0.2, 0) is 4.79 Å². The molecule has 0 N–H and O–H groups in total. The molecule has 1 aromatic rings. The number of halogens is 1. The first-order valence-electron chi connectivity index (χ1n) is 5.49. The van der Waals surface area contributed by atoms with Gasteiger partial charge in [-0.25, -0.2) is 0 Å². The Balaban J connectivity index is 2.42. The number of aryl methyl sites for hydroxylation is 2. The van der Waals surface area contributed by atoms with Gasteiger partial charge in [-0.15, -0.1) is 0 Å². The van der Waals surface area contributed by atoms with Gasteiger partial charge in [0.1, 0.15) is 0 Å². The van der Waals surface area contributed by atoms with Gasteiger partial charge in [-0.3, -0.25) is 4.79 Å². The van der Waals surface area contributed by atoms with E-state index in [2.05, 4.69) is 22.0 Å². The molecule has 1 aliphatic heterocycles. The van der Waals surface area contributed by atoms with Crippen molar-refractivity contribution in [1.82, 2.24) is 0 Å². The van der Waals surface area contributed by atoms with Gasteiger partial charge in [-0.1, -0.05) is 15.9 Å². The second-order valence-electron chi connectivity index (χ2n) is 4.42. The van der Waals surface area contributed by atoms with E-state index >= 15 is 0 Å². The number of anilines is 1. The van der Waals surface area contributed by atoms with Crippen LogP contribution < -0.4 is 4.90 Å². The molecule has 0 radical (unpaired) electrons. The van der Waals surface area contributed by atoms with Crippen LogP contribution in [0.5, 0.6) is 0 Å². The molecule has 1 atom stereocenters. The van der Waals surface area contributed by atoms with Crippen molar-refractivity contribution in [3.8, 4) is 6.07 Å². The number of nitrogens with zero attached hydrogens (tertiary/aromatic N) is 2. The number of rotatable bonds is 1. The van der Waals surface area contributed by atoms with Crippen molar-refractivity contribution in [3.63, 3.8) is 0 Å². The van der Waals surface area contributed by atoms with E-state index in [1.807, 2.05) is 26.0 Å². The van der Waals surface area contributed by atoms with Crippen molar-refractivity contribution < 1.29 is 4.79 Å². The molecule has 1 saturated heterocycles. The standard InChI is InChI=1S/C13H13BrN2O/c1-8-3-11(14)4-9(2)13(8)16-7-10(6-15)5-12(16)17/h3-4,10H,5,7H2,1-2H3. The van der Waals surface area contributed by atoms with E-state index in [4.69, 9.17) is 5.26 Å². The third-order valence-corrected chi connectivity index (χ3v) is 3.49. The maximum absolute atomic E-state index is 11.9. The quantitative estimate of drug-likeness (QED) is 0.799. The summed E-state index contributed by atoms with van der Waals surface area (Å²) in [6, 6.07) is 6.16. The number of nitriles is 1. The Kier molecular flexibility index (Phi) is 3.21. The van der Waals surface area contributed by atoms with Crippen LogP contribution in [0, 0.1) is 31.1 Å². The lowest BCUT2D eigenvalue weighted by molar-refractivity contribution is -0.117. The zero-order valence-electron chi connectivity index (χ0n) is 9.83. The Morgan fingerprint density at radius 2 is 2.00 bits per heavy atom. The molecule has 17 heavy (non-hydrogen) atoms. The fourth-order valence-corrected chi connectivity index (χ4v) is 3.03. The van der Waals surface area contributed by atoms with Crippen molar-refractivity contribution >= 4 is 27.5 Å². The highest BCUT2D eigenvalue weighted by Gasteiger charge is 2.32. The molecule has 1 aliphatic rings. The summed E-state index contributed by atoms with van der Waals surface area (Å²) in [4.78, 5) is 13.6. The Hall–Kier alpha value is -1.34. The first-order chi connectivity index (χ1) is 8.02. The summed E-state index contributed by atoms with van der Waals surface area (Å²) in [5.74, 6) is -0.130. The lowest BCUT2D eigenvalue weighted by Gasteiger charge is -2.21. The van der Waals surface area contributed by atoms with Crippen LogP contribution in [0.15, 0.2) is 16.6 Å². The van der Waals surface area contributed by atoms with Gasteiger partial charge >= 0.3 is 0 Å². The molecular formula is C13H13BrN2O. The second kappa shape index (κ2) is 4.50. The van der Waals surface area contributed by atoms with Crippen LogP contribution in [0.1, 0.15) is 17.5 Å². The highest BCUT2D eigenvalue weighted by atomic mass is 79.9. The molecule has 0 aromatic heterocycles. The Morgan fingerprint density at radius 3 is 2.47 bits per heavy atom. The molecule has 3 nitrogen and oxygen atoms in total. The smallest absolute Gasteiger partial charge is 0.228 e. The molecule has 1 fully saturated rings. The minimum atomic E-state index is -0.176. The van der Waals surface area contributed by atoms with Crippen LogP contribution >= 0.6 is 15.9 Å². The molecule has 4 heteroatoms. The SMILES string of the molecule is Cc1cc(Br)cc(C)c1N1CC(C#N)CC1=O. The van der Waals surface area contributed by atoms with Crippen LogP contribution in [0.3, 0.4) is 0 Å². The first-order valence-corrected chi connectivity index (χ1v) is 6.29. The van der Waals surface area contributed by atoms with Crippen LogP contribution in [0.25, 0.3) is 0 Å². The van der Waals surface area contributed by atoms with Crippen molar-refractivity contribution in [3.05, 3.63) is 27.7 Å². The molecular weight excluding hydrogens is 280 g/mol. The maximum atomic E-state index is 11.9. The van der Waals surface area contributed by atoms with Gasteiger partial charge in [0.25, 0.3) is 0 Å². The van der Waals surface area contributed by atoms with Gasteiger partial charge in [0.2, 0.25) is 5.91 Å². The monoisotopic (exact) mass is 292 g/mol. The summed E-state index contributed by atoms with van der Waals surface area (Å²) in [5.41, 5.74) is 3.07. The lowest BCUT2D eigenvalue weighted by atomic mass is 10.1. The minimum Gasteiger partial charge on any atom is -0.311 e. The van der Waals surface area contributed by atoms with Crippen LogP contribution in [0.2, 0.25) is 0 Å². The fourth-order valence-electron chi connectivity index (χ4n) is 2.34. The summed E-state index contributed by atoms with van der Waals surface area (Å²) < 4.78 is 1.01. The van der Waals surface area contributed by atoms with Crippen molar-refractivity contribution in [1.29, 1.82) is 5.26 Å². The summed E-state index contributed by atoms with van der Waals surface area (Å²) in [6.07, 6.45) is 0.339. The predicted molar refractivity (Wildman–Crippen MR) is 69.7 cm³/mol. The molecule has 88 valence electrons. The van der Waals surface area contributed by atoms with Crippen molar-refractivity contribution in [2.45, 2.75) is 20.3 Å². The number of benzene rings is 1. The minimum absolute atomic E-state index is 0.0464. The van der Waals surface area contributed by atoms with Gasteiger partial charge in [0.05, 0.1) is 12.0 Å². The average Bonchev–Trinajstić information content (AvgIpc) is 2.59. The van der Waals surface area contributed by atoms with Crippen molar-refractivity contribution in [2.24, 2.45) is 5.92 Å². The number of amides is 1. The highest BCUT2D eigenvalue weighted by Crippen LogP contribution is 2.32. The molecule has 0 saturated carbocycles. The number of carbonyl (C=O) groups is 1. The molecule has 1 aromatic carbocycles. The van der Waals surface area contributed by atoms with Gasteiger partial charge in [0, 0.05) is 23.1 Å². The Morgan fingerprint density at radius 1 is 1.41 bits per heavy atom. The van der Waals surface area contributed by atoms with E-state index in [0.717, 1.165) is 21.3 Å². The number of carbonyl (C=O) groups excluding carboxylic acids is 1. The third kappa shape index (κ3) is 2.20. The molecule has 0 aliphatic carbocycles. The number of hydrogen-bond donors (Lipinski definition) is 0. The normalized spacial score (nSPS) is 19.5. The van der Waals surface area contributed by atoms with E-state index in [-0.39, 0.29) is 11.8 Å². The second-order valence-corrected chi connectivity index (χ2v) is 5.34. The molecule has 2 rings (SSSR count). The van der Waals surface area contributed by atoms with Gasteiger partial charge in [-0.2, -0.15) is 5.26 Å². The van der Waals surface area contributed by atoms with E-state index < -0.39 is 0 Å². The predicted octanol–water partition coefficient (Wildman–Crippen LogP) is 2.94. The third-order valence-electron chi connectivity index (χ3n) is 3.03. The molecule has 1 unspecified atom stereocenters. The summed E-state index contributed by atoms with van der Waals surface area (Å²) in [7, 11) is 0. The fraction of sp³-hybridized carbons (Fsp3) is 0.385. The zero-order valence-corrected chi connectivity index (χ0v) is 11.4. The summed E-state index contributed by atoms with van der Waals surface area (Å²) >= 11 is 3.44. The average molecular weight is 293 g/mol. The Bertz CT molecular complexity index is 496. The topological polar surface area (TPSA) is 44.1 Å². The van der Waals surface area contributed by atoms with Crippen LogP contribution in [-0.4, -0.2) is 12.5 Å². The van der Waals surface area contributed by atoms with Gasteiger partial charge < -0.3 is 4.90 Å². The van der Waals surface area contributed by atoms with Gasteiger partial charge in [0.15, 0.2) is 0 Å². The molecule has 0 bridgehead atoms. The number of hydrogen-bond acceptors (Lipinski definition) is 2. The van der Waals surface area contributed by atoms with E-state index in [1.165, 1.54) is 0 Å². The Labute approximate surface area is 109 Å². The van der Waals surface area contributed by atoms with E-state index in [0.29, 0.717) is 13.0 Å². The summed E-state index contributed by atoms with van der Waals surface area (Å²) in [5, 5.41) is 8.89. The van der Waals surface area contributed by atoms with E-state index in [1.54, 1.807) is 4.90 Å². The zero-order chi connectivity index (χ0) is 12.6. The molecule has 0 spiro atoms. The summed E-state index contributed by atoms with van der Waals surface area (Å²) in [6.45, 7) is 4.48. The highest BCUT2D eigenvalue weighted by molar-refractivity contribution is 9.10. The van der Waals surface area contributed by atoms with Gasteiger partial charge in [-0.05, 0) is 37.1 Å². The van der Waals surface area contributed by atoms with Crippen molar-refractivity contribution in [2.75, 3.05) is 11.4 Å². The maximum Gasteiger partial charge on any atom is 0.228 e. The van der Waals surface area contributed by atoms with Crippen LogP contribution in [0.4, 0.5) is 5.69 Å². The largest absolute Gasteiger partial charge is 0.311 e. The molecule has 1 heterocycles. The molecule has 1 amide bonds. The first kappa shape index (κ1) is 12.1. The van der Waals surface area contributed by atoms with E-state index in [9.17, 15) is 4.79 Å². The lowest BCUT2D eigenvalue weighted by Crippen LogP contribution is -2.26.